The molecule has 2 saturated heterocycles. The van der Waals surface area contributed by atoms with E-state index in [1.807, 2.05) is 17.0 Å². The largest absolute Gasteiger partial charge is 0.490 e. The second kappa shape index (κ2) is 15.5. The van der Waals surface area contributed by atoms with Crippen molar-refractivity contribution in [2.75, 3.05) is 38.1 Å². The second-order valence-electron chi connectivity index (χ2n) is 11.5. The van der Waals surface area contributed by atoms with E-state index in [-0.39, 0.29) is 28.8 Å². The third-order valence-electron chi connectivity index (χ3n) is 7.63. The highest BCUT2D eigenvalue weighted by Gasteiger charge is 2.38. The zero-order valence-corrected chi connectivity index (χ0v) is 26.9. The first kappa shape index (κ1) is 37.2. The van der Waals surface area contributed by atoms with Crippen LogP contribution in [0.3, 0.4) is 0 Å². The number of amides is 1. The normalized spacial score (nSPS) is 19.3. The molecule has 0 spiro atoms. The van der Waals surface area contributed by atoms with Crippen LogP contribution in [0.15, 0.2) is 36.4 Å². The van der Waals surface area contributed by atoms with Crippen LogP contribution in [0.1, 0.15) is 42.6 Å². The third-order valence-corrected chi connectivity index (χ3v) is 8.18. The molecular formula is C30H37Cl2F3N4O7. The van der Waals surface area contributed by atoms with Crippen molar-refractivity contribution in [2.24, 2.45) is 0 Å². The van der Waals surface area contributed by atoms with E-state index < -0.39 is 29.8 Å². The molecule has 2 aromatic rings. The van der Waals surface area contributed by atoms with Crippen molar-refractivity contribution in [1.82, 2.24) is 15.5 Å². The van der Waals surface area contributed by atoms with Crippen molar-refractivity contribution >= 4 is 46.7 Å². The van der Waals surface area contributed by atoms with Crippen LogP contribution in [0, 0.1) is 0 Å². The topological polar surface area (TPSA) is 152 Å². The number of hydrogen-bond acceptors (Lipinski definition) is 8. The molecule has 2 fully saturated rings. The summed E-state index contributed by atoms with van der Waals surface area (Å²) in [6, 6.07) is 11.1. The van der Waals surface area contributed by atoms with E-state index in [9.17, 15) is 33.0 Å². The van der Waals surface area contributed by atoms with Crippen LogP contribution >= 0.6 is 23.2 Å². The van der Waals surface area contributed by atoms with Crippen LogP contribution in [0.4, 0.5) is 18.9 Å². The Labute approximate surface area is 274 Å². The predicted octanol–water partition coefficient (Wildman–Crippen LogP) is 4.03. The molecule has 0 saturated carbocycles. The number of anilines is 1. The summed E-state index contributed by atoms with van der Waals surface area (Å²) >= 11 is 12.4. The number of carbonyl (C=O) groups is 3. The molecule has 5 N–H and O–H groups in total. The molecule has 4 rings (SSSR count). The van der Waals surface area contributed by atoms with Gasteiger partial charge in [0.2, 0.25) is 0 Å². The minimum absolute atomic E-state index is 0.131. The first-order chi connectivity index (χ1) is 21.4. The van der Waals surface area contributed by atoms with E-state index in [2.05, 4.69) is 27.7 Å². The van der Waals surface area contributed by atoms with Gasteiger partial charge in [0.15, 0.2) is 5.60 Å². The van der Waals surface area contributed by atoms with Gasteiger partial charge in [-0.2, -0.15) is 13.2 Å². The predicted molar refractivity (Wildman–Crippen MR) is 166 cm³/mol. The number of halogens is 5. The lowest BCUT2D eigenvalue weighted by atomic mass is 10.0. The fourth-order valence-corrected chi connectivity index (χ4v) is 5.40. The number of ether oxygens (including phenoxy) is 1. The number of carboxylic acids is 2. The quantitative estimate of drug-likeness (QED) is 0.261. The minimum atomic E-state index is -5.08. The molecule has 0 aliphatic carbocycles. The van der Waals surface area contributed by atoms with Crippen molar-refractivity contribution in [3.8, 4) is 5.75 Å². The average Bonchev–Trinajstić information content (AvgIpc) is 3.34. The molecule has 2 aliphatic heterocycles. The van der Waals surface area contributed by atoms with Gasteiger partial charge in [-0.1, -0.05) is 35.3 Å². The van der Waals surface area contributed by atoms with Crippen molar-refractivity contribution in [3.05, 3.63) is 57.6 Å². The number of aliphatic carboxylic acids is 2. The molecule has 0 radical (unpaired) electrons. The summed E-state index contributed by atoms with van der Waals surface area (Å²) in [5, 5.41) is 34.7. The lowest BCUT2D eigenvalue weighted by Gasteiger charge is -2.34. The van der Waals surface area contributed by atoms with Crippen LogP contribution in [-0.4, -0.2) is 101 Å². The van der Waals surface area contributed by atoms with Gasteiger partial charge in [0, 0.05) is 43.8 Å². The molecule has 2 aliphatic rings. The highest BCUT2D eigenvalue weighted by atomic mass is 35.5. The molecule has 46 heavy (non-hydrogen) atoms. The number of benzene rings is 2. The number of β-amino-alcohol motifs (C(OH)–C–C–N with tert-alkyl or cyclic N) is 1. The van der Waals surface area contributed by atoms with Crippen LogP contribution in [0.2, 0.25) is 10.0 Å². The number of aliphatic hydroxyl groups is 1. The molecule has 0 unspecified atom stereocenters. The van der Waals surface area contributed by atoms with Crippen molar-refractivity contribution < 1.29 is 47.6 Å². The number of carbonyl (C=O) groups excluding carboxylic acids is 1. The van der Waals surface area contributed by atoms with Gasteiger partial charge in [-0.3, -0.25) is 9.69 Å². The van der Waals surface area contributed by atoms with Gasteiger partial charge >= 0.3 is 18.1 Å². The second-order valence-corrected chi connectivity index (χ2v) is 12.4. The molecule has 16 heteroatoms. The Morgan fingerprint density at radius 1 is 1.00 bits per heavy atom. The highest BCUT2D eigenvalue weighted by Crippen LogP contribution is 2.37. The lowest BCUT2D eigenvalue weighted by Crippen LogP contribution is -2.49. The maximum atomic E-state index is 12.7. The summed E-state index contributed by atoms with van der Waals surface area (Å²) in [7, 11) is 1.53. The lowest BCUT2D eigenvalue weighted by molar-refractivity contribution is -0.192. The van der Waals surface area contributed by atoms with Crippen molar-refractivity contribution in [2.45, 2.75) is 63.2 Å². The summed E-state index contributed by atoms with van der Waals surface area (Å²) in [5.41, 5.74) is 0.562. The van der Waals surface area contributed by atoms with Gasteiger partial charge in [-0.05, 0) is 63.5 Å². The highest BCUT2D eigenvalue weighted by molar-refractivity contribution is 6.32. The van der Waals surface area contributed by atoms with Crippen LogP contribution < -0.4 is 20.3 Å². The van der Waals surface area contributed by atoms with Gasteiger partial charge in [-0.15, -0.1) is 0 Å². The summed E-state index contributed by atoms with van der Waals surface area (Å²) < 4.78 is 37.5. The number of carboxylic acid groups (broad SMARTS) is 2. The molecular weight excluding hydrogens is 656 g/mol. The number of alkyl halides is 3. The van der Waals surface area contributed by atoms with Crippen molar-refractivity contribution in [1.29, 1.82) is 0 Å². The number of likely N-dealkylation sites (tertiary alicyclic amines) is 1. The minimum Gasteiger partial charge on any atom is -0.478 e. The van der Waals surface area contributed by atoms with E-state index in [0.717, 1.165) is 37.5 Å². The van der Waals surface area contributed by atoms with Gasteiger partial charge in [0.05, 0.1) is 28.4 Å². The van der Waals surface area contributed by atoms with Gasteiger partial charge in [0.25, 0.3) is 5.91 Å². The van der Waals surface area contributed by atoms with Crippen LogP contribution in [0.25, 0.3) is 0 Å². The average molecular weight is 694 g/mol. The van der Waals surface area contributed by atoms with Crippen molar-refractivity contribution in [3.63, 3.8) is 0 Å². The summed E-state index contributed by atoms with van der Waals surface area (Å²) in [6.45, 7) is 6.41. The van der Waals surface area contributed by atoms with E-state index in [0.29, 0.717) is 24.3 Å². The number of rotatable bonds is 9. The zero-order chi connectivity index (χ0) is 34.4. The molecule has 11 nitrogen and oxygen atoms in total. The molecule has 254 valence electrons. The summed E-state index contributed by atoms with van der Waals surface area (Å²) in [6.07, 6.45) is -3.81. The monoisotopic (exact) mass is 692 g/mol. The Morgan fingerprint density at radius 3 is 2.11 bits per heavy atom. The van der Waals surface area contributed by atoms with Crippen LogP contribution in [-0.2, 0) is 16.1 Å². The Morgan fingerprint density at radius 2 is 1.59 bits per heavy atom. The van der Waals surface area contributed by atoms with E-state index in [1.165, 1.54) is 32.5 Å². The Balaban J connectivity index is 0.000000738. The van der Waals surface area contributed by atoms with Crippen LogP contribution in [0.5, 0.6) is 5.75 Å². The fraction of sp³-hybridized carbons (Fsp3) is 0.500. The third kappa shape index (κ3) is 10.1. The smallest absolute Gasteiger partial charge is 0.478 e. The molecule has 0 aromatic heterocycles. The van der Waals surface area contributed by atoms with Gasteiger partial charge < -0.3 is 35.6 Å². The standard InChI is InChI=1S/C28H36Cl2N4O5.C2HF3O2/c1-28(2,27(37)38)39-25-13-23(20(12-21(25)30)26(36)31-3)34-15-22(24(35)16-34)32-19-8-10-33(11-9-19)14-17-4-6-18(29)7-5-17;3-2(4,5)1(6)7/h4-7,12-13,19,22,24,32,35H,8-11,14-16H2,1-3H3,(H,31,36)(H,37,38);(H,6,7)/t22-,24-;/m1./s1. The maximum absolute atomic E-state index is 12.7. The van der Waals surface area contributed by atoms with E-state index >= 15 is 0 Å². The number of hydrogen-bond donors (Lipinski definition) is 5. The van der Waals surface area contributed by atoms with E-state index in [1.54, 1.807) is 6.07 Å². The summed E-state index contributed by atoms with van der Waals surface area (Å²) in [5.74, 6) is -4.08. The number of nitrogens with zero attached hydrogens (tertiary/aromatic N) is 2. The zero-order valence-electron chi connectivity index (χ0n) is 25.4. The fourth-order valence-electron chi connectivity index (χ4n) is 5.07. The molecule has 2 aromatic carbocycles. The van der Waals surface area contributed by atoms with Gasteiger partial charge in [0.1, 0.15) is 5.75 Å². The molecule has 2 heterocycles. The first-order valence-electron chi connectivity index (χ1n) is 14.3. The number of nitrogens with one attached hydrogen (secondary N) is 2. The van der Waals surface area contributed by atoms with E-state index in [4.69, 9.17) is 37.8 Å². The maximum Gasteiger partial charge on any atom is 0.490 e. The molecule has 0 bridgehead atoms. The number of aliphatic hydroxyl groups excluding tert-OH is 1. The first-order valence-corrected chi connectivity index (χ1v) is 15.1. The Kier molecular flexibility index (Phi) is 12.5. The molecule has 1 amide bonds. The molecule has 2 atom stereocenters. The Hall–Kier alpha value is -3.30. The van der Waals surface area contributed by atoms with Gasteiger partial charge in [-0.25, -0.2) is 9.59 Å². The number of piperidine rings is 1. The Bertz CT molecular complexity index is 1390. The SMILES string of the molecule is CNC(=O)c1cc(Cl)c(OC(C)(C)C(=O)O)cc1N1C[C@@H](O)[C@H](NC2CCN(Cc3ccc(Cl)cc3)CC2)C1.O=C(O)C(F)(F)F. The summed E-state index contributed by atoms with van der Waals surface area (Å²) in [4.78, 5) is 37.5.